The lowest BCUT2D eigenvalue weighted by atomic mass is 10.1. The van der Waals surface area contributed by atoms with Crippen LogP contribution in [0.4, 0.5) is 5.00 Å². The van der Waals surface area contributed by atoms with Gasteiger partial charge >= 0.3 is 5.97 Å². The van der Waals surface area contributed by atoms with Crippen molar-refractivity contribution in [2.75, 3.05) is 19.0 Å². The van der Waals surface area contributed by atoms with E-state index in [9.17, 15) is 4.79 Å². The summed E-state index contributed by atoms with van der Waals surface area (Å²) in [6.07, 6.45) is 2.86. The Kier molecular flexibility index (Phi) is 7.21. The molecule has 2 N–H and O–H groups in total. The molecule has 0 saturated carbocycles. The number of aryl methyl sites for hydroxylation is 2. The zero-order valence-electron chi connectivity index (χ0n) is 13.9. The fraction of sp³-hybridized carbons (Fsp3) is 0.333. The van der Waals surface area contributed by atoms with Crippen molar-refractivity contribution in [2.45, 2.75) is 26.2 Å². The predicted octanol–water partition coefficient (Wildman–Crippen LogP) is 4.02. The minimum absolute atomic E-state index is 0.347. The molecular weight excluding hydrogens is 340 g/mol. The van der Waals surface area contributed by atoms with E-state index in [-0.39, 0.29) is 5.97 Å². The van der Waals surface area contributed by atoms with Crippen LogP contribution in [0, 0.1) is 0 Å². The number of rotatable bonds is 7. The van der Waals surface area contributed by atoms with Crippen LogP contribution >= 0.6 is 23.6 Å². The van der Waals surface area contributed by atoms with E-state index in [0.29, 0.717) is 10.7 Å². The van der Waals surface area contributed by atoms with Crippen LogP contribution in [0.3, 0.4) is 0 Å². The number of benzene rings is 1. The summed E-state index contributed by atoms with van der Waals surface area (Å²) in [7, 11) is 1.38. The van der Waals surface area contributed by atoms with Gasteiger partial charge in [-0.2, -0.15) is 0 Å². The zero-order chi connectivity index (χ0) is 17.4. The fourth-order valence-electron chi connectivity index (χ4n) is 2.26. The third-order valence-corrected chi connectivity index (χ3v) is 4.98. The van der Waals surface area contributed by atoms with Gasteiger partial charge in [-0.25, -0.2) is 4.79 Å². The van der Waals surface area contributed by atoms with Crippen molar-refractivity contribution < 1.29 is 9.53 Å². The molecule has 1 aromatic carbocycles. The second kappa shape index (κ2) is 9.39. The smallest absolute Gasteiger partial charge is 0.340 e. The van der Waals surface area contributed by atoms with Crippen molar-refractivity contribution in [3.8, 4) is 0 Å². The lowest BCUT2D eigenvalue weighted by Crippen LogP contribution is -2.29. The first-order valence-electron chi connectivity index (χ1n) is 7.93. The number of thiophene rings is 1. The largest absolute Gasteiger partial charge is 0.465 e. The number of carbonyl (C=O) groups excluding carboxylic acids is 1. The second-order valence-electron chi connectivity index (χ2n) is 5.27. The molecule has 0 spiro atoms. The maximum atomic E-state index is 11.8. The monoisotopic (exact) mass is 362 g/mol. The van der Waals surface area contributed by atoms with E-state index in [1.165, 1.54) is 24.0 Å². The van der Waals surface area contributed by atoms with Gasteiger partial charge in [0.25, 0.3) is 0 Å². The Labute approximate surface area is 152 Å². The van der Waals surface area contributed by atoms with Crippen LogP contribution < -0.4 is 10.6 Å². The van der Waals surface area contributed by atoms with Crippen molar-refractivity contribution in [3.05, 3.63) is 52.4 Å². The molecule has 0 aliphatic heterocycles. The van der Waals surface area contributed by atoms with Gasteiger partial charge in [-0.3, -0.25) is 0 Å². The van der Waals surface area contributed by atoms with E-state index in [1.807, 2.05) is 24.3 Å². The molecule has 128 valence electrons. The van der Waals surface area contributed by atoms with Crippen LogP contribution in [0.15, 0.2) is 36.4 Å². The average Bonchev–Trinajstić information content (AvgIpc) is 3.02. The summed E-state index contributed by atoms with van der Waals surface area (Å²) in [5.41, 5.74) is 1.85. The number of hydrogen-bond acceptors (Lipinski definition) is 4. The molecule has 0 atom stereocenters. The third-order valence-electron chi connectivity index (χ3n) is 3.53. The van der Waals surface area contributed by atoms with Crippen LogP contribution in [0.5, 0.6) is 0 Å². The van der Waals surface area contributed by atoms with Gasteiger partial charge in [0.05, 0.1) is 12.7 Å². The molecule has 4 nitrogen and oxygen atoms in total. The molecule has 2 rings (SSSR count). The topological polar surface area (TPSA) is 50.4 Å². The number of anilines is 1. The normalized spacial score (nSPS) is 10.2. The SMILES string of the molecule is CCc1cc(C(=O)OC)c(NC(=S)NCCCc2ccccc2)s1. The summed E-state index contributed by atoms with van der Waals surface area (Å²) in [4.78, 5) is 13.0. The molecular formula is C18H22N2O2S2. The number of nitrogens with one attached hydrogen (secondary N) is 2. The summed E-state index contributed by atoms with van der Waals surface area (Å²) in [6, 6.07) is 12.2. The molecule has 0 bridgehead atoms. The Morgan fingerprint density at radius 1 is 1.29 bits per heavy atom. The Morgan fingerprint density at radius 3 is 2.71 bits per heavy atom. The summed E-state index contributed by atoms with van der Waals surface area (Å²) in [5.74, 6) is -0.347. The van der Waals surface area contributed by atoms with Gasteiger partial charge in [0.1, 0.15) is 5.00 Å². The molecule has 2 aromatic rings. The molecule has 24 heavy (non-hydrogen) atoms. The average molecular weight is 363 g/mol. The first kappa shape index (κ1) is 18.4. The molecule has 0 aliphatic rings. The van der Waals surface area contributed by atoms with Crippen LogP contribution in [0.2, 0.25) is 0 Å². The van der Waals surface area contributed by atoms with Crippen molar-refractivity contribution in [1.82, 2.24) is 5.32 Å². The van der Waals surface area contributed by atoms with Crippen molar-refractivity contribution >= 4 is 39.6 Å². The minimum Gasteiger partial charge on any atom is -0.465 e. The highest BCUT2D eigenvalue weighted by atomic mass is 32.1. The third kappa shape index (κ3) is 5.32. The Bertz CT molecular complexity index is 684. The molecule has 0 unspecified atom stereocenters. The summed E-state index contributed by atoms with van der Waals surface area (Å²) < 4.78 is 4.83. The van der Waals surface area contributed by atoms with Crippen molar-refractivity contribution in [2.24, 2.45) is 0 Å². The lowest BCUT2D eigenvalue weighted by molar-refractivity contribution is 0.0602. The Hall–Kier alpha value is -1.92. The number of esters is 1. The van der Waals surface area contributed by atoms with Gasteiger partial charge in [0.15, 0.2) is 5.11 Å². The molecule has 1 aromatic heterocycles. The predicted molar refractivity (Wildman–Crippen MR) is 104 cm³/mol. The number of ether oxygens (including phenoxy) is 1. The zero-order valence-corrected chi connectivity index (χ0v) is 15.6. The first-order chi connectivity index (χ1) is 11.6. The Balaban J connectivity index is 1.83. The van der Waals surface area contributed by atoms with Crippen molar-refractivity contribution in [3.63, 3.8) is 0 Å². The van der Waals surface area contributed by atoms with E-state index in [0.717, 1.165) is 35.7 Å². The highest BCUT2D eigenvalue weighted by molar-refractivity contribution is 7.80. The maximum absolute atomic E-state index is 11.8. The second-order valence-corrected chi connectivity index (χ2v) is 6.82. The van der Waals surface area contributed by atoms with Crippen molar-refractivity contribution in [1.29, 1.82) is 0 Å². The molecule has 0 fully saturated rings. The molecule has 6 heteroatoms. The fourth-order valence-corrected chi connectivity index (χ4v) is 3.51. The van der Waals surface area contributed by atoms with Crippen LogP contribution in [-0.4, -0.2) is 24.7 Å². The van der Waals surface area contributed by atoms with Gasteiger partial charge in [-0.1, -0.05) is 37.3 Å². The van der Waals surface area contributed by atoms with Crippen LogP contribution in [0.1, 0.15) is 34.1 Å². The van der Waals surface area contributed by atoms with Gasteiger partial charge in [0, 0.05) is 11.4 Å². The minimum atomic E-state index is -0.347. The molecule has 0 saturated heterocycles. The Morgan fingerprint density at radius 2 is 2.04 bits per heavy atom. The van der Waals surface area contributed by atoms with E-state index in [2.05, 4.69) is 29.7 Å². The highest BCUT2D eigenvalue weighted by Gasteiger charge is 2.16. The highest BCUT2D eigenvalue weighted by Crippen LogP contribution is 2.29. The van der Waals surface area contributed by atoms with E-state index in [4.69, 9.17) is 17.0 Å². The standard InChI is InChI=1S/C18H22N2O2S2/c1-3-14-12-15(17(21)22-2)16(24-14)20-18(23)19-11-7-10-13-8-5-4-6-9-13/h4-6,8-9,12H,3,7,10-11H2,1-2H3,(H2,19,20,23). The molecule has 1 heterocycles. The number of methoxy groups -OCH3 is 1. The number of hydrogen-bond donors (Lipinski definition) is 2. The number of carbonyl (C=O) groups is 1. The van der Waals surface area contributed by atoms with Crippen LogP contribution in [0.25, 0.3) is 0 Å². The molecule has 0 aliphatic carbocycles. The van der Waals surface area contributed by atoms with Gasteiger partial charge < -0.3 is 15.4 Å². The maximum Gasteiger partial charge on any atom is 0.340 e. The summed E-state index contributed by atoms with van der Waals surface area (Å²) >= 11 is 6.85. The summed E-state index contributed by atoms with van der Waals surface area (Å²) in [5, 5.41) is 7.57. The van der Waals surface area contributed by atoms with Gasteiger partial charge in [-0.05, 0) is 43.1 Å². The van der Waals surface area contributed by atoms with Crippen LogP contribution in [-0.2, 0) is 17.6 Å². The quantitative estimate of drug-likeness (QED) is 0.443. The number of thiocarbonyl (C=S) groups is 1. The lowest BCUT2D eigenvalue weighted by Gasteiger charge is -2.10. The van der Waals surface area contributed by atoms with E-state index < -0.39 is 0 Å². The molecule has 0 radical (unpaired) electrons. The summed E-state index contributed by atoms with van der Waals surface area (Å²) in [6.45, 7) is 2.83. The first-order valence-corrected chi connectivity index (χ1v) is 9.16. The van der Waals surface area contributed by atoms with E-state index >= 15 is 0 Å². The molecule has 0 amide bonds. The van der Waals surface area contributed by atoms with Gasteiger partial charge in [0.2, 0.25) is 0 Å². The van der Waals surface area contributed by atoms with E-state index in [1.54, 1.807) is 0 Å². The van der Waals surface area contributed by atoms with Gasteiger partial charge in [-0.15, -0.1) is 11.3 Å².